The fraction of sp³-hybridized carbons (Fsp3) is 0.160. The summed E-state index contributed by atoms with van der Waals surface area (Å²) < 4.78 is 16.4. The van der Waals surface area contributed by atoms with Gasteiger partial charge in [0.05, 0.1) is 55.3 Å². The van der Waals surface area contributed by atoms with Crippen molar-refractivity contribution in [1.29, 1.82) is 0 Å². The first kappa shape index (κ1) is 20.4. The highest BCUT2D eigenvalue weighted by Gasteiger charge is 2.13. The molecule has 0 atom stereocenters. The van der Waals surface area contributed by atoms with E-state index in [0.717, 1.165) is 44.9 Å². The third-order valence-corrected chi connectivity index (χ3v) is 5.47. The zero-order valence-corrected chi connectivity index (χ0v) is 18.8. The molecule has 1 aromatic carbocycles. The van der Waals surface area contributed by atoms with Gasteiger partial charge in [0.1, 0.15) is 17.0 Å². The lowest BCUT2D eigenvalue weighted by Gasteiger charge is -2.07. The molecule has 4 aromatic heterocycles. The number of fused-ring (bicyclic) bond motifs is 1. The Bertz CT molecular complexity index is 1530. The molecule has 0 aliphatic heterocycles. The van der Waals surface area contributed by atoms with Gasteiger partial charge in [-0.05, 0) is 25.1 Å². The molecule has 0 bridgehead atoms. The zero-order chi connectivity index (χ0) is 22.9. The van der Waals surface area contributed by atoms with Gasteiger partial charge in [-0.15, -0.1) is 0 Å². The van der Waals surface area contributed by atoms with Crippen LogP contribution in [-0.2, 0) is 7.05 Å². The van der Waals surface area contributed by atoms with Crippen LogP contribution in [0.4, 0.5) is 0 Å². The molecule has 0 saturated heterocycles. The maximum absolute atomic E-state index is 5.67. The van der Waals surface area contributed by atoms with E-state index in [-0.39, 0.29) is 0 Å². The third-order valence-electron chi connectivity index (χ3n) is 5.47. The molecule has 8 heteroatoms. The van der Waals surface area contributed by atoms with Gasteiger partial charge >= 0.3 is 0 Å². The van der Waals surface area contributed by atoms with E-state index in [1.165, 1.54) is 0 Å². The van der Waals surface area contributed by atoms with Crippen molar-refractivity contribution in [1.82, 2.24) is 29.2 Å². The highest BCUT2D eigenvalue weighted by molar-refractivity contribution is 5.75. The maximum Gasteiger partial charge on any atom is 0.146 e. The minimum Gasteiger partial charge on any atom is -0.497 e. The Kier molecular flexibility index (Phi) is 5.07. The average Bonchev–Trinajstić information content (AvgIpc) is 3.55. The zero-order valence-electron chi connectivity index (χ0n) is 18.8. The van der Waals surface area contributed by atoms with E-state index in [2.05, 4.69) is 27.1 Å². The SMILES string of the molecule is COc1cccc(-n2ncc(C#Cc3cnn4cc(-c5cnn(C)c5)cc(OC)c34)c2C)c1. The molecular weight excluding hydrogens is 416 g/mol. The summed E-state index contributed by atoms with van der Waals surface area (Å²) in [5, 5.41) is 13.3. The topological polar surface area (TPSA) is 71.4 Å². The van der Waals surface area contributed by atoms with Gasteiger partial charge in [-0.1, -0.05) is 17.9 Å². The second kappa shape index (κ2) is 8.20. The second-order valence-corrected chi connectivity index (χ2v) is 7.56. The lowest BCUT2D eigenvalue weighted by Crippen LogP contribution is -1.99. The van der Waals surface area contributed by atoms with Crippen molar-refractivity contribution in [2.24, 2.45) is 7.05 Å². The van der Waals surface area contributed by atoms with Gasteiger partial charge < -0.3 is 9.47 Å². The first-order valence-electron chi connectivity index (χ1n) is 10.3. The predicted molar refractivity (Wildman–Crippen MR) is 125 cm³/mol. The predicted octanol–water partition coefficient (Wildman–Crippen LogP) is 3.65. The number of hydrogen-bond acceptors (Lipinski definition) is 5. The summed E-state index contributed by atoms with van der Waals surface area (Å²) in [4.78, 5) is 0. The monoisotopic (exact) mass is 438 g/mol. The smallest absolute Gasteiger partial charge is 0.146 e. The van der Waals surface area contributed by atoms with Crippen LogP contribution in [0.3, 0.4) is 0 Å². The van der Waals surface area contributed by atoms with E-state index < -0.39 is 0 Å². The second-order valence-electron chi connectivity index (χ2n) is 7.56. The number of hydrogen-bond donors (Lipinski definition) is 0. The Morgan fingerprint density at radius 3 is 2.42 bits per heavy atom. The number of nitrogens with zero attached hydrogens (tertiary/aromatic N) is 6. The third kappa shape index (κ3) is 3.70. The van der Waals surface area contributed by atoms with Gasteiger partial charge in [0.2, 0.25) is 0 Å². The average molecular weight is 438 g/mol. The van der Waals surface area contributed by atoms with E-state index in [4.69, 9.17) is 9.47 Å². The summed E-state index contributed by atoms with van der Waals surface area (Å²) in [6, 6.07) is 9.74. The van der Waals surface area contributed by atoms with Crippen molar-refractivity contribution in [3.05, 3.63) is 78.1 Å². The number of aryl methyl sites for hydroxylation is 1. The molecule has 0 amide bonds. The molecule has 5 rings (SSSR count). The summed E-state index contributed by atoms with van der Waals surface area (Å²) in [5.41, 5.74) is 6.24. The van der Waals surface area contributed by atoms with Gasteiger partial charge in [-0.2, -0.15) is 15.3 Å². The molecule has 0 aliphatic rings. The first-order chi connectivity index (χ1) is 16.1. The van der Waals surface area contributed by atoms with E-state index in [9.17, 15) is 0 Å². The van der Waals surface area contributed by atoms with E-state index in [1.807, 2.05) is 67.6 Å². The molecule has 164 valence electrons. The summed E-state index contributed by atoms with van der Waals surface area (Å²) >= 11 is 0. The summed E-state index contributed by atoms with van der Waals surface area (Å²) in [7, 11) is 5.18. The van der Waals surface area contributed by atoms with Crippen LogP contribution in [0, 0.1) is 18.8 Å². The standard InChI is InChI=1S/C25H22N6O2/c1-17-18(12-28-31(17)22-6-5-7-23(11-22)32-3)8-9-19-13-27-30-16-20(10-24(33-4)25(19)30)21-14-26-29(2)15-21/h5-7,10-16H,1-4H3. The molecule has 0 aliphatic carbocycles. The molecule has 33 heavy (non-hydrogen) atoms. The fourth-order valence-electron chi connectivity index (χ4n) is 3.73. The van der Waals surface area contributed by atoms with E-state index >= 15 is 0 Å². The van der Waals surface area contributed by atoms with Crippen molar-refractivity contribution < 1.29 is 9.47 Å². The lowest BCUT2D eigenvalue weighted by molar-refractivity contribution is 0.414. The highest BCUT2D eigenvalue weighted by Crippen LogP contribution is 2.29. The normalized spacial score (nSPS) is 10.8. The van der Waals surface area contributed by atoms with Crippen molar-refractivity contribution in [2.75, 3.05) is 14.2 Å². The molecule has 5 aromatic rings. The molecule has 8 nitrogen and oxygen atoms in total. The summed E-state index contributed by atoms with van der Waals surface area (Å²) in [6.45, 7) is 1.99. The minimum atomic E-state index is 0.696. The number of pyridine rings is 1. The molecule has 0 unspecified atom stereocenters. The van der Waals surface area contributed by atoms with E-state index in [0.29, 0.717) is 5.75 Å². The van der Waals surface area contributed by atoms with Gasteiger partial charge in [-0.3, -0.25) is 4.68 Å². The molecule has 0 saturated carbocycles. The summed E-state index contributed by atoms with van der Waals surface area (Å²) in [6.07, 6.45) is 9.23. The number of benzene rings is 1. The van der Waals surface area contributed by atoms with Gasteiger partial charge in [0, 0.05) is 36.6 Å². The fourth-order valence-corrected chi connectivity index (χ4v) is 3.73. The number of aromatic nitrogens is 6. The Balaban J connectivity index is 1.52. The first-order valence-corrected chi connectivity index (χ1v) is 10.3. The minimum absolute atomic E-state index is 0.696. The quantitative estimate of drug-likeness (QED) is 0.401. The molecule has 0 spiro atoms. The molecule has 0 N–H and O–H groups in total. The molecule has 0 fully saturated rings. The number of rotatable bonds is 4. The van der Waals surface area contributed by atoms with Gasteiger partial charge in [-0.25, -0.2) is 9.20 Å². The van der Waals surface area contributed by atoms with Crippen molar-refractivity contribution >= 4 is 5.52 Å². The molecule has 4 heterocycles. The van der Waals surface area contributed by atoms with Crippen LogP contribution in [0.15, 0.2) is 61.3 Å². The van der Waals surface area contributed by atoms with Crippen molar-refractivity contribution in [3.8, 4) is 40.2 Å². The number of ether oxygens (including phenoxy) is 2. The largest absolute Gasteiger partial charge is 0.497 e. The molecular formula is C25H22N6O2. The van der Waals surface area contributed by atoms with Crippen LogP contribution >= 0.6 is 0 Å². The van der Waals surface area contributed by atoms with Gasteiger partial charge in [0.25, 0.3) is 0 Å². The Labute approximate surface area is 191 Å². The summed E-state index contributed by atoms with van der Waals surface area (Å²) in [5.74, 6) is 7.96. The maximum atomic E-state index is 5.67. The van der Waals surface area contributed by atoms with Crippen LogP contribution in [0.5, 0.6) is 11.5 Å². The Morgan fingerprint density at radius 1 is 0.848 bits per heavy atom. The van der Waals surface area contributed by atoms with Crippen LogP contribution in [0.2, 0.25) is 0 Å². The number of methoxy groups -OCH3 is 2. The Hall–Kier alpha value is -4.51. The van der Waals surface area contributed by atoms with Crippen LogP contribution < -0.4 is 9.47 Å². The van der Waals surface area contributed by atoms with Crippen LogP contribution in [0.1, 0.15) is 16.8 Å². The molecule has 0 radical (unpaired) electrons. The van der Waals surface area contributed by atoms with Gasteiger partial charge in [0.15, 0.2) is 0 Å². The van der Waals surface area contributed by atoms with Crippen molar-refractivity contribution in [3.63, 3.8) is 0 Å². The Morgan fingerprint density at radius 2 is 1.67 bits per heavy atom. The van der Waals surface area contributed by atoms with E-state index in [1.54, 1.807) is 35.8 Å². The van der Waals surface area contributed by atoms with Crippen LogP contribution in [0.25, 0.3) is 22.3 Å². The van der Waals surface area contributed by atoms with Crippen molar-refractivity contribution in [2.45, 2.75) is 6.92 Å². The lowest BCUT2D eigenvalue weighted by atomic mass is 10.1. The highest BCUT2D eigenvalue weighted by atomic mass is 16.5. The van der Waals surface area contributed by atoms with Crippen LogP contribution in [-0.4, -0.2) is 43.4 Å².